The van der Waals surface area contributed by atoms with Crippen molar-refractivity contribution in [2.75, 3.05) is 14.1 Å². The van der Waals surface area contributed by atoms with Crippen LogP contribution in [0, 0.1) is 0 Å². The summed E-state index contributed by atoms with van der Waals surface area (Å²) in [5, 5.41) is 9.43. The summed E-state index contributed by atoms with van der Waals surface area (Å²) < 4.78 is 5.32. The van der Waals surface area contributed by atoms with E-state index in [4.69, 9.17) is 4.74 Å². The first-order chi connectivity index (χ1) is 5.59. The minimum absolute atomic E-state index is 0.199. The molecule has 0 aromatic rings. The molecule has 0 spiro atoms. The monoisotopic (exact) mass is 173 g/mol. The molecule has 0 aromatic carbocycles. The molecule has 72 valence electrons. The molecular weight excluding hydrogens is 154 g/mol. The van der Waals surface area contributed by atoms with Gasteiger partial charge in [0.05, 0.1) is 6.10 Å². The van der Waals surface area contributed by atoms with Crippen LogP contribution in [0.3, 0.4) is 0 Å². The summed E-state index contributed by atoms with van der Waals surface area (Å²) >= 11 is 0. The van der Waals surface area contributed by atoms with E-state index < -0.39 is 6.29 Å². The van der Waals surface area contributed by atoms with Crippen molar-refractivity contribution in [3.8, 4) is 0 Å². The van der Waals surface area contributed by atoms with Crippen molar-refractivity contribution in [3.05, 3.63) is 0 Å². The van der Waals surface area contributed by atoms with E-state index in [1.165, 1.54) is 0 Å². The van der Waals surface area contributed by atoms with E-state index in [1.54, 1.807) is 0 Å². The molecule has 0 radical (unpaired) electrons. The molecule has 3 atom stereocenters. The smallest absolute Gasteiger partial charge is 0.156 e. The molecule has 1 N–H and O–H groups in total. The summed E-state index contributed by atoms with van der Waals surface area (Å²) in [5.41, 5.74) is 0. The predicted molar refractivity (Wildman–Crippen MR) is 47.9 cm³/mol. The van der Waals surface area contributed by atoms with Crippen LogP contribution in [0.1, 0.15) is 26.2 Å². The zero-order chi connectivity index (χ0) is 9.14. The van der Waals surface area contributed by atoms with Gasteiger partial charge in [-0.2, -0.15) is 0 Å². The van der Waals surface area contributed by atoms with Gasteiger partial charge < -0.3 is 14.7 Å². The Hall–Kier alpha value is -0.120. The van der Waals surface area contributed by atoms with Gasteiger partial charge in [0.2, 0.25) is 0 Å². The van der Waals surface area contributed by atoms with Gasteiger partial charge in [-0.15, -0.1) is 0 Å². The fourth-order valence-electron chi connectivity index (χ4n) is 1.64. The molecule has 12 heavy (non-hydrogen) atoms. The van der Waals surface area contributed by atoms with Crippen LogP contribution in [0.5, 0.6) is 0 Å². The van der Waals surface area contributed by atoms with Gasteiger partial charge in [-0.25, -0.2) is 0 Å². The highest BCUT2D eigenvalue weighted by Gasteiger charge is 2.23. The van der Waals surface area contributed by atoms with E-state index >= 15 is 0 Å². The largest absolute Gasteiger partial charge is 0.368 e. The standard InChI is InChI=1S/C9H19NO2/c1-7-4-5-8(10(2)3)6-9(11)12-7/h7-9,11H,4-6H2,1-3H3. The van der Waals surface area contributed by atoms with Crippen molar-refractivity contribution >= 4 is 0 Å². The van der Waals surface area contributed by atoms with Crippen molar-refractivity contribution in [3.63, 3.8) is 0 Å². The lowest BCUT2D eigenvalue weighted by Gasteiger charge is -2.22. The van der Waals surface area contributed by atoms with Crippen molar-refractivity contribution in [2.24, 2.45) is 0 Å². The summed E-state index contributed by atoms with van der Waals surface area (Å²) in [6, 6.07) is 0.463. The number of aliphatic hydroxyl groups excluding tert-OH is 1. The number of ether oxygens (including phenoxy) is 1. The van der Waals surface area contributed by atoms with E-state index in [-0.39, 0.29) is 6.10 Å². The van der Waals surface area contributed by atoms with Crippen molar-refractivity contribution in [1.82, 2.24) is 4.90 Å². The Bertz CT molecular complexity index is 138. The highest BCUT2D eigenvalue weighted by molar-refractivity contribution is 4.73. The fraction of sp³-hybridized carbons (Fsp3) is 1.00. The van der Waals surface area contributed by atoms with Gasteiger partial charge in [0.25, 0.3) is 0 Å². The predicted octanol–water partition coefficient (Wildman–Crippen LogP) is 0.824. The molecule has 1 fully saturated rings. The number of hydrogen-bond acceptors (Lipinski definition) is 3. The lowest BCUT2D eigenvalue weighted by molar-refractivity contribution is -0.130. The molecule has 0 saturated carbocycles. The van der Waals surface area contributed by atoms with E-state index in [9.17, 15) is 5.11 Å². The second kappa shape index (κ2) is 4.21. The SMILES string of the molecule is CC1CCC(N(C)C)CC(O)O1. The maximum absolute atomic E-state index is 9.43. The van der Waals surface area contributed by atoms with Crippen LogP contribution in [0.15, 0.2) is 0 Å². The van der Waals surface area contributed by atoms with Gasteiger partial charge in [0, 0.05) is 12.5 Å². The molecule has 0 bridgehead atoms. The van der Waals surface area contributed by atoms with E-state index in [0.717, 1.165) is 19.3 Å². The van der Waals surface area contributed by atoms with Gasteiger partial charge in [0.15, 0.2) is 6.29 Å². The minimum Gasteiger partial charge on any atom is -0.368 e. The second-order valence-electron chi connectivity index (χ2n) is 3.83. The summed E-state index contributed by atoms with van der Waals surface area (Å²) in [7, 11) is 4.10. The Balaban J connectivity index is 2.46. The van der Waals surface area contributed by atoms with Crippen molar-refractivity contribution in [2.45, 2.75) is 44.6 Å². The number of nitrogens with zero attached hydrogens (tertiary/aromatic N) is 1. The molecule has 1 heterocycles. The maximum atomic E-state index is 9.43. The molecule has 1 saturated heterocycles. The number of rotatable bonds is 1. The molecule has 3 nitrogen and oxygen atoms in total. The highest BCUT2D eigenvalue weighted by Crippen LogP contribution is 2.19. The Morgan fingerprint density at radius 1 is 1.33 bits per heavy atom. The van der Waals surface area contributed by atoms with Crippen LogP contribution in [-0.4, -0.2) is 42.5 Å². The van der Waals surface area contributed by atoms with Gasteiger partial charge in [-0.05, 0) is 33.9 Å². The summed E-state index contributed by atoms with van der Waals surface area (Å²) in [6.45, 7) is 2.02. The Labute approximate surface area is 74.3 Å². The third-order valence-electron chi connectivity index (χ3n) is 2.50. The zero-order valence-corrected chi connectivity index (χ0v) is 8.16. The third-order valence-corrected chi connectivity index (χ3v) is 2.50. The molecule has 3 unspecified atom stereocenters. The lowest BCUT2D eigenvalue weighted by Crippen LogP contribution is -2.30. The summed E-state index contributed by atoms with van der Waals surface area (Å²) in [6.07, 6.45) is 2.52. The van der Waals surface area contributed by atoms with Crippen molar-refractivity contribution < 1.29 is 9.84 Å². The topological polar surface area (TPSA) is 32.7 Å². The zero-order valence-electron chi connectivity index (χ0n) is 8.16. The first-order valence-corrected chi connectivity index (χ1v) is 4.59. The molecule has 1 aliphatic rings. The van der Waals surface area contributed by atoms with Crippen LogP contribution in [0.25, 0.3) is 0 Å². The summed E-state index contributed by atoms with van der Waals surface area (Å²) in [4.78, 5) is 2.16. The van der Waals surface area contributed by atoms with Crippen LogP contribution in [-0.2, 0) is 4.74 Å². The van der Waals surface area contributed by atoms with Gasteiger partial charge in [0.1, 0.15) is 0 Å². The Kier molecular flexibility index (Phi) is 3.50. The first kappa shape index (κ1) is 9.96. The first-order valence-electron chi connectivity index (χ1n) is 4.59. The van der Waals surface area contributed by atoms with Crippen LogP contribution >= 0.6 is 0 Å². The van der Waals surface area contributed by atoms with Gasteiger partial charge in [-0.3, -0.25) is 0 Å². The van der Waals surface area contributed by atoms with Gasteiger partial charge >= 0.3 is 0 Å². The molecular formula is C9H19NO2. The number of hydrogen-bond donors (Lipinski definition) is 1. The highest BCUT2D eigenvalue weighted by atomic mass is 16.6. The maximum Gasteiger partial charge on any atom is 0.156 e. The summed E-state index contributed by atoms with van der Waals surface area (Å²) in [5.74, 6) is 0. The minimum atomic E-state index is -0.574. The van der Waals surface area contributed by atoms with E-state index in [1.807, 2.05) is 21.0 Å². The van der Waals surface area contributed by atoms with Crippen LogP contribution < -0.4 is 0 Å². The fourth-order valence-corrected chi connectivity index (χ4v) is 1.64. The normalized spacial score (nSPS) is 38.2. The molecule has 0 amide bonds. The van der Waals surface area contributed by atoms with Crippen LogP contribution in [0.4, 0.5) is 0 Å². The van der Waals surface area contributed by atoms with Gasteiger partial charge in [-0.1, -0.05) is 0 Å². The van der Waals surface area contributed by atoms with E-state index in [0.29, 0.717) is 6.04 Å². The molecule has 1 aliphatic heterocycles. The average Bonchev–Trinajstić information content (AvgIpc) is 2.11. The third kappa shape index (κ3) is 2.73. The molecule has 0 aliphatic carbocycles. The second-order valence-corrected chi connectivity index (χ2v) is 3.83. The Morgan fingerprint density at radius 2 is 2.00 bits per heavy atom. The number of aliphatic hydroxyl groups is 1. The molecule has 1 rings (SSSR count). The average molecular weight is 173 g/mol. The van der Waals surface area contributed by atoms with Crippen molar-refractivity contribution in [1.29, 1.82) is 0 Å². The molecule has 0 aromatic heterocycles. The lowest BCUT2D eigenvalue weighted by atomic mass is 10.1. The molecule has 3 heteroatoms. The quantitative estimate of drug-likeness (QED) is 0.637. The van der Waals surface area contributed by atoms with E-state index in [2.05, 4.69) is 4.90 Å². The van der Waals surface area contributed by atoms with Crippen LogP contribution in [0.2, 0.25) is 0 Å². The Morgan fingerprint density at radius 3 is 2.58 bits per heavy atom.